The fraction of sp³-hybridized carbons (Fsp3) is 0.400. The van der Waals surface area contributed by atoms with E-state index in [2.05, 4.69) is 5.32 Å². The Bertz CT molecular complexity index is 1260. The minimum absolute atomic E-state index is 0.00854. The molecule has 1 heterocycles. The highest BCUT2D eigenvalue weighted by molar-refractivity contribution is 6.04. The van der Waals surface area contributed by atoms with Crippen LogP contribution in [0.1, 0.15) is 63.0 Å². The quantitative estimate of drug-likeness (QED) is 0.480. The van der Waals surface area contributed by atoms with Crippen molar-refractivity contribution in [2.75, 3.05) is 21.3 Å². The van der Waals surface area contributed by atoms with Gasteiger partial charge in [0.2, 0.25) is 0 Å². The van der Waals surface area contributed by atoms with Crippen LogP contribution in [-0.4, -0.2) is 39.2 Å². The summed E-state index contributed by atoms with van der Waals surface area (Å²) in [5.74, 6) is 0.839. The minimum Gasteiger partial charge on any atom is -0.496 e. The molecule has 0 bridgehead atoms. The largest absolute Gasteiger partial charge is 0.496 e. The second-order valence-corrected chi connectivity index (χ2v) is 9.50. The molecule has 0 radical (unpaired) electrons. The zero-order valence-electron chi connectivity index (χ0n) is 22.3. The zero-order valence-corrected chi connectivity index (χ0v) is 22.3. The first kappa shape index (κ1) is 26.3. The summed E-state index contributed by atoms with van der Waals surface area (Å²) in [6.45, 7) is 5.70. The molecule has 1 N–H and O–H groups in total. The van der Waals surface area contributed by atoms with E-state index in [0.717, 1.165) is 16.8 Å². The molecule has 7 heteroatoms. The van der Waals surface area contributed by atoms with Gasteiger partial charge in [-0.05, 0) is 56.4 Å². The fourth-order valence-corrected chi connectivity index (χ4v) is 5.20. The van der Waals surface area contributed by atoms with Gasteiger partial charge in [0.25, 0.3) is 0 Å². The lowest BCUT2D eigenvalue weighted by molar-refractivity contribution is -0.144. The number of Topliss-reactive ketones (excluding diaryl/α,β-unsaturated/α-hetero) is 1. The summed E-state index contributed by atoms with van der Waals surface area (Å²) < 4.78 is 22.3. The molecular formula is C30H35NO6. The van der Waals surface area contributed by atoms with E-state index >= 15 is 0 Å². The van der Waals surface area contributed by atoms with Crippen molar-refractivity contribution < 1.29 is 28.5 Å². The van der Waals surface area contributed by atoms with Crippen LogP contribution in [-0.2, 0) is 14.3 Å². The third-order valence-corrected chi connectivity index (χ3v) is 7.26. The van der Waals surface area contributed by atoms with Crippen LogP contribution in [0.15, 0.2) is 65.0 Å². The van der Waals surface area contributed by atoms with Crippen molar-refractivity contribution in [2.24, 2.45) is 0 Å². The predicted molar refractivity (Wildman–Crippen MR) is 141 cm³/mol. The second-order valence-electron chi connectivity index (χ2n) is 9.50. The molecule has 4 rings (SSSR count). The number of esters is 1. The van der Waals surface area contributed by atoms with Crippen molar-refractivity contribution in [3.05, 3.63) is 76.1 Å². The zero-order chi connectivity index (χ0) is 26.7. The third kappa shape index (κ3) is 5.08. The van der Waals surface area contributed by atoms with Gasteiger partial charge in [-0.2, -0.15) is 0 Å². The molecule has 37 heavy (non-hydrogen) atoms. The molecular weight excluding hydrogens is 470 g/mol. The smallest absolute Gasteiger partial charge is 0.337 e. The average molecular weight is 506 g/mol. The molecule has 2 aromatic rings. The Balaban J connectivity index is 1.79. The van der Waals surface area contributed by atoms with Crippen LogP contribution < -0.4 is 19.5 Å². The van der Waals surface area contributed by atoms with Crippen LogP contribution >= 0.6 is 0 Å². The molecule has 2 aliphatic rings. The Morgan fingerprint density at radius 3 is 2.38 bits per heavy atom. The summed E-state index contributed by atoms with van der Waals surface area (Å²) in [5.41, 5.74) is 4.32. The number of benzene rings is 2. The van der Waals surface area contributed by atoms with Crippen LogP contribution in [0.5, 0.6) is 17.2 Å². The van der Waals surface area contributed by atoms with Crippen molar-refractivity contribution >= 4 is 11.8 Å². The summed E-state index contributed by atoms with van der Waals surface area (Å²) in [6.07, 6.45) is 1.39. The van der Waals surface area contributed by atoms with E-state index in [1.807, 2.05) is 63.2 Å². The van der Waals surface area contributed by atoms with Gasteiger partial charge >= 0.3 is 5.97 Å². The predicted octanol–water partition coefficient (Wildman–Crippen LogP) is 5.42. The number of methoxy groups -OCH3 is 3. The lowest BCUT2D eigenvalue weighted by Gasteiger charge is -2.37. The Hall–Kier alpha value is -3.74. The average Bonchev–Trinajstić information content (AvgIpc) is 2.91. The molecule has 0 unspecified atom stereocenters. The lowest BCUT2D eigenvalue weighted by atomic mass is 9.71. The van der Waals surface area contributed by atoms with E-state index < -0.39 is 11.9 Å². The fourth-order valence-electron chi connectivity index (χ4n) is 5.20. The van der Waals surface area contributed by atoms with Crippen molar-refractivity contribution in [3.63, 3.8) is 0 Å². The number of para-hydroxylation sites is 1. The summed E-state index contributed by atoms with van der Waals surface area (Å²) >= 11 is 0. The van der Waals surface area contributed by atoms with Crippen LogP contribution in [0.4, 0.5) is 0 Å². The van der Waals surface area contributed by atoms with Crippen molar-refractivity contribution in [1.82, 2.24) is 5.32 Å². The second kappa shape index (κ2) is 11.1. The molecule has 7 nitrogen and oxygen atoms in total. The molecule has 1 aliphatic heterocycles. The number of rotatable bonds is 8. The first-order valence-corrected chi connectivity index (χ1v) is 12.6. The highest BCUT2D eigenvalue weighted by Crippen LogP contribution is 2.48. The highest BCUT2D eigenvalue weighted by atomic mass is 16.5. The third-order valence-electron chi connectivity index (χ3n) is 7.26. The molecule has 0 saturated carbocycles. The topological polar surface area (TPSA) is 83.1 Å². The van der Waals surface area contributed by atoms with Crippen molar-refractivity contribution in [2.45, 2.75) is 58.0 Å². The number of ether oxygens (including phenoxy) is 4. The Labute approximate surface area is 218 Å². The highest BCUT2D eigenvalue weighted by Gasteiger charge is 2.42. The number of hydrogen-bond donors (Lipinski definition) is 1. The number of dihydropyridines is 1. The molecule has 3 atom stereocenters. The number of carbonyl (C=O) groups excluding carboxylic acids is 2. The van der Waals surface area contributed by atoms with Crippen LogP contribution in [0.2, 0.25) is 0 Å². The molecule has 0 amide bonds. The number of hydrogen-bond acceptors (Lipinski definition) is 7. The molecule has 0 saturated heterocycles. The van der Waals surface area contributed by atoms with Gasteiger partial charge in [0.1, 0.15) is 5.75 Å². The Morgan fingerprint density at radius 2 is 1.70 bits per heavy atom. The summed E-state index contributed by atoms with van der Waals surface area (Å²) in [5, 5.41) is 3.40. The Kier molecular flexibility index (Phi) is 7.91. The molecule has 196 valence electrons. The van der Waals surface area contributed by atoms with Gasteiger partial charge < -0.3 is 24.3 Å². The van der Waals surface area contributed by atoms with E-state index in [4.69, 9.17) is 18.9 Å². The maximum absolute atomic E-state index is 13.9. The standard InChI is InChI=1S/C30H35NO6/c1-7-17(2)37-30(33)27-18(3)31-22-14-20(19-12-13-25(35-5)26(16-19)36-6)15-23(32)29(22)28(27)21-10-8-9-11-24(21)34-4/h8-13,16-17,20,28,31H,7,14-15H2,1-6H3/t17-,20+,28+/m1/s1. The maximum Gasteiger partial charge on any atom is 0.337 e. The van der Waals surface area contributed by atoms with Crippen LogP contribution in [0, 0.1) is 0 Å². The SMILES string of the molecule is CC[C@@H](C)OC(=O)C1=C(C)NC2=C(C(=O)C[C@@H](c3ccc(OC)c(OC)c3)C2)[C@H]1c1ccccc1OC. The van der Waals surface area contributed by atoms with Gasteiger partial charge in [-0.25, -0.2) is 4.79 Å². The number of nitrogens with one attached hydrogen (secondary N) is 1. The van der Waals surface area contributed by atoms with Crippen LogP contribution in [0.25, 0.3) is 0 Å². The van der Waals surface area contributed by atoms with E-state index in [-0.39, 0.29) is 17.8 Å². The van der Waals surface area contributed by atoms with Crippen molar-refractivity contribution in [3.8, 4) is 17.2 Å². The summed E-state index contributed by atoms with van der Waals surface area (Å²) in [6, 6.07) is 13.3. The van der Waals surface area contributed by atoms with E-state index in [9.17, 15) is 9.59 Å². The van der Waals surface area contributed by atoms with E-state index in [1.165, 1.54) is 0 Å². The van der Waals surface area contributed by atoms with Gasteiger partial charge in [0, 0.05) is 29.0 Å². The van der Waals surface area contributed by atoms with Crippen LogP contribution in [0.3, 0.4) is 0 Å². The summed E-state index contributed by atoms with van der Waals surface area (Å²) in [4.78, 5) is 27.3. The Morgan fingerprint density at radius 1 is 1.00 bits per heavy atom. The molecule has 2 aromatic carbocycles. The first-order chi connectivity index (χ1) is 17.8. The normalized spacial score (nSPS) is 20.1. The molecule has 1 aliphatic carbocycles. The number of ketones is 1. The maximum atomic E-state index is 13.9. The molecule has 0 fully saturated rings. The first-order valence-electron chi connectivity index (χ1n) is 12.6. The summed E-state index contributed by atoms with van der Waals surface area (Å²) in [7, 11) is 4.79. The van der Waals surface area contributed by atoms with E-state index in [0.29, 0.717) is 53.4 Å². The van der Waals surface area contributed by atoms with Crippen molar-refractivity contribution in [1.29, 1.82) is 0 Å². The van der Waals surface area contributed by atoms with E-state index in [1.54, 1.807) is 21.3 Å². The van der Waals surface area contributed by atoms with Gasteiger partial charge in [0.15, 0.2) is 17.3 Å². The number of carbonyl (C=O) groups is 2. The number of allylic oxidation sites excluding steroid dienone is 3. The van der Waals surface area contributed by atoms with Gasteiger partial charge in [-0.15, -0.1) is 0 Å². The van der Waals surface area contributed by atoms with Gasteiger partial charge in [0.05, 0.1) is 38.9 Å². The lowest BCUT2D eigenvalue weighted by Crippen LogP contribution is -2.36. The molecule has 0 spiro atoms. The minimum atomic E-state index is -0.581. The molecule has 0 aromatic heterocycles. The van der Waals surface area contributed by atoms with Gasteiger partial charge in [-0.3, -0.25) is 4.79 Å². The monoisotopic (exact) mass is 505 g/mol. The van der Waals surface area contributed by atoms with Gasteiger partial charge in [-0.1, -0.05) is 31.2 Å².